The smallest absolute Gasteiger partial charge is 0.286 e. The zero-order valence-electron chi connectivity index (χ0n) is 18.7. The van der Waals surface area contributed by atoms with Crippen LogP contribution in [0.15, 0.2) is 38.8 Å². The number of benzene rings is 1. The van der Waals surface area contributed by atoms with Crippen molar-refractivity contribution < 1.29 is 26.7 Å². The zero-order valence-corrected chi connectivity index (χ0v) is 20.3. The molecular weight excluding hydrogens is 468 g/mol. The number of nitrogens with one attached hydrogen (secondary N) is 2. The molecule has 1 fully saturated rings. The Labute approximate surface area is 193 Å². The first-order chi connectivity index (χ1) is 15.4. The summed E-state index contributed by atoms with van der Waals surface area (Å²) >= 11 is 0. The average Bonchev–Trinajstić information content (AvgIpc) is 3.16. The van der Waals surface area contributed by atoms with Gasteiger partial charge in [0, 0.05) is 24.2 Å². The normalized spacial score (nSPS) is 24.3. The second-order valence-electron chi connectivity index (χ2n) is 9.17. The van der Waals surface area contributed by atoms with Crippen LogP contribution in [0.25, 0.3) is 0 Å². The summed E-state index contributed by atoms with van der Waals surface area (Å²) in [5, 5.41) is 13.9. The van der Waals surface area contributed by atoms with Gasteiger partial charge in [-0.15, -0.1) is 4.40 Å². The van der Waals surface area contributed by atoms with Crippen LogP contribution in [-0.4, -0.2) is 57.4 Å². The minimum Gasteiger partial charge on any atom is -0.511 e. The maximum absolute atomic E-state index is 13.4. The molecule has 10 nitrogen and oxygen atoms in total. The predicted octanol–water partition coefficient (Wildman–Crippen LogP) is 2.44. The Balaban J connectivity index is 1.73. The van der Waals surface area contributed by atoms with Gasteiger partial charge in [0.1, 0.15) is 16.2 Å². The maximum Gasteiger partial charge on any atom is 0.286 e. The van der Waals surface area contributed by atoms with E-state index in [1.807, 2.05) is 0 Å². The Bertz CT molecular complexity index is 1270. The number of fused-ring (bicyclic) bond motifs is 2. The van der Waals surface area contributed by atoms with E-state index in [1.54, 1.807) is 4.90 Å². The number of anilines is 2. The summed E-state index contributed by atoms with van der Waals surface area (Å²) in [6.07, 6.45) is 4.13. The van der Waals surface area contributed by atoms with Gasteiger partial charge >= 0.3 is 0 Å². The summed E-state index contributed by atoms with van der Waals surface area (Å²) in [7, 11) is -7.86. The Morgan fingerprint density at radius 2 is 2.03 bits per heavy atom. The Hall–Kier alpha value is -2.60. The number of amidine groups is 1. The minimum atomic E-state index is -4.26. The van der Waals surface area contributed by atoms with Crippen LogP contribution < -0.4 is 10.0 Å². The molecule has 3 aliphatic rings. The van der Waals surface area contributed by atoms with Crippen LogP contribution in [0.2, 0.25) is 0 Å². The summed E-state index contributed by atoms with van der Waals surface area (Å²) in [4.78, 5) is 15.0. The molecule has 2 heterocycles. The van der Waals surface area contributed by atoms with E-state index in [1.165, 1.54) is 12.1 Å². The van der Waals surface area contributed by atoms with E-state index in [0.29, 0.717) is 18.9 Å². The van der Waals surface area contributed by atoms with Crippen molar-refractivity contribution in [2.24, 2.45) is 16.2 Å². The van der Waals surface area contributed by atoms with E-state index >= 15 is 0 Å². The molecule has 0 bridgehead atoms. The van der Waals surface area contributed by atoms with Crippen molar-refractivity contribution in [1.29, 1.82) is 0 Å². The Kier molecular flexibility index (Phi) is 5.94. The maximum atomic E-state index is 13.4. The van der Waals surface area contributed by atoms with E-state index in [2.05, 4.69) is 28.3 Å². The van der Waals surface area contributed by atoms with E-state index in [9.17, 15) is 26.7 Å². The topological polar surface area (TPSA) is 145 Å². The monoisotopic (exact) mass is 496 g/mol. The molecule has 0 aromatic heterocycles. The van der Waals surface area contributed by atoms with Crippen LogP contribution in [-0.2, 0) is 24.8 Å². The molecule has 180 valence electrons. The molecule has 1 amide bonds. The third-order valence-electron chi connectivity index (χ3n) is 6.17. The summed E-state index contributed by atoms with van der Waals surface area (Å²) in [5.74, 6) is -0.638. The lowest BCUT2D eigenvalue weighted by molar-refractivity contribution is -0.131. The summed E-state index contributed by atoms with van der Waals surface area (Å²) in [5.41, 5.74) is 0.105. The van der Waals surface area contributed by atoms with Crippen molar-refractivity contribution in [3.63, 3.8) is 0 Å². The van der Waals surface area contributed by atoms with Gasteiger partial charge in [-0.25, -0.2) is 8.42 Å². The molecule has 0 radical (unpaired) electrons. The summed E-state index contributed by atoms with van der Waals surface area (Å²) in [6, 6.07) is 3.87. The van der Waals surface area contributed by atoms with Crippen molar-refractivity contribution in [3.8, 4) is 0 Å². The second kappa shape index (κ2) is 8.32. The largest absolute Gasteiger partial charge is 0.511 e. The number of carbonyl (C=O) groups is 1. The molecule has 12 heteroatoms. The van der Waals surface area contributed by atoms with Gasteiger partial charge in [-0.05, 0) is 43.4 Å². The lowest BCUT2D eigenvalue weighted by Crippen LogP contribution is -2.50. The average molecular weight is 497 g/mol. The Morgan fingerprint density at radius 1 is 1.30 bits per heavy atom. The first-order valence-electron chi connectivity index (χ1n) is 10.9. The Morgan fingerprint density at radius 3 is 2.70 bits per heavy atom. The fourth-order valence-corrected chi connectivity index (χ4v) is 6.36. The molecule has 0 unspecified atom stereocenters. The fraction of sp³-hybridized carbons (Fsp3) is 0.524. The highest BCUT2D eigenvalue weighted by atomic mass is 32.2. The molecule has 4 rings (SSSR count). The zero-order chi connectivity index (χ0) is 24.1. The van der Waals surface area contributed by atoms with Crippen molar-refractivity contribution in [2.45, 2.75) is 50.5 Å². The number of aliphatic hydroxyl groups is 1. The second-order valence-corrected chi connectivity index (χ2v) is 12.5. The van der Waals surface area contributed by atoms with Crippen molar-refractivity contribution in [2.75, 3.05) is 22.8 Å². The quantitative estimate of drug-likeness (QED) is 0.548. The number of rotatable bonds is 6. The molecule has 1 aliphatic carbocycles. The van der Waals surface area contributed by atoms with Gasteiger partial charge in [0.05, 0.1) is 11.9 Å². The number of sulfonamides is 2. The number of hydrogen-bond acceptors (Lipinski definition) is 7. The number of hydrogen-bond donors (Lipinski definition) is 3. The van der Waals surface area contributed by atoms with Gasteiger partial charge in [-0.3, -0.25) is 9.52 Å². The molecule has 2 aliphatic heterocycles. The van der Waals surface area contributed by atoms with Gasteiger partial charge in [0.15, 0.2) is 5.84 Å². The summed E-state index contributed by atoms with van der Waals surface area (Å²) < 4.78 is 54.9. The van der Waals surface area contributed by atoms with Crippen LogP contribution in [0.3, 0.4) is 0 Å². The van der Waals surface area contributed by atoms with Gasteiger partial charge < -0.3 is 15.3 Å². The number of nitrogens with zero attached hydrogens (tertiary/aromatic N) is 2. The molecule has 1 saturated carbocycles. The van der Waals surface area contributed by atoms with E-state index in [0.717, 1.165) is 31.6 Å². The lowest BCUT2D eigenvalue weighted by Gasteiger charge is -2.39. The van der Waals surface area contributed by atoms with Gasteiger partial charge in [0.2, 0.25) is 10.0 Å². The number of carbonyl (C=O) groups excluding carboxylic acids is 1. The molecular formula is C21H28N4O6S2. The van der Waals surface area contributed by atoms with E-state index < -0.39 is 26.0 Å². The molecule has 0 saturated heterocycles. The molecule has 1 aromatic carbocycles. The van der Waals surface area contributed by atoms with Crippen molar-refractivity contribution in [3.05, 3.63) is 29.5 Å². The van der Waals surface area contributed by atoms with Crippen molar-refractivity contribution >= 4 is 43.2 Å². The first-order valence-corrected chi connectivity index (χ1v) is 14.2. The van der Waals surface area contributed by atoms with Crippen LogP contribution in [0, 0.1) is 11.8 Å². The third-order valence-corrected chi connectivity index (χ3v) is 8.10. The van der Waals surface area contributed by atoms with E-state index in [-0.39, 0.29) is 45.4 Å². The van der Waals surface area contributed by atoms with Crippen LogP contribution in [0.5, 0.6) is 0 Å². The molecule has 1 aromatic rings. The van der Waals surface area contributed by atoms with Crippen LogP contribution >= 0.6 is 0 Å². The highest BCUT2D eigenvalue weighted by molar-refractivity contribution is 7.92. The first kappa shape index (κ1) is 23.6. The predicted molar refractivity (Wildman–Crippen MR) is 125 cm³/mol. The highest BCUT2D eigenvalue weighted by Crippen LogP contribution is 2.41. The van der Waals surface area contributed by atoms with Crippen LogP contribution in [0.1, 0.15) is 39.5 Å². The van der Waals surface area contributed by atoms with Gasteiger partial charge in [-0.2, -0.15) is 8.42 Å². The number of aliphatic hydroxyl groups excluding tert-OH is 1. The summed E-state index contributed by atoms with van der Waals surface area (Å²) in [6.45, 7) is 4.65. The van der Waals surface area contributed by atoms with Crippen LogP contribution in [0.4, 0.5) is 11.4 Å². The standard InChI is InChI=1S/C21H28N4O6S2/c1-12(2)9-10-25-16-6-4-5-14(16)19(26)18(21(25)27)20-22-15-8-7-13(23-32(3,28)29)11-17(15)33(30,31)24-20/h7-8,11-12,14,16,23,26H,4-6,9-10H2,1-3H3,(H,22,24)/t14-,16+/m0/s1. The molecule has 3 N–H and O–H groups in total. The number of amides is 1. The molecule has 33 heavy (non-hydrogen) atoms. The third kappa shape index (κ3) is 4.58. The van der Waals surface area contributed by atoms with Gasteiger partial charge in [0.25, 0.3) is 15.9 Å². The fourth-order valence-electron chi connectivity index (χ4n) is 4.65. The lowest BCUT2D eigenvalue weighted by atomic mass is 9.89. The van der Waals surface area contributed by atoms with Gasteiger partial charge in [-0.1, -0.05) is 20.3 Å². The highest BCUT2D eigenvalue weighted by Gasteiger charge is 2.46. The van der Waals surface area contributed by atoms with E-state index in [4.69, 9.17) is 0 Å². The molecule has 2 atom stereocenters. The van der Waals surface area contributed by atoms with Crippen molar-refractivity contribution in [1.82, 2.24) is 4.90 Å². The molecule has 0 spiro atoms. The SMILES string of the molecule is CC(C)CCN1C(=O)C(C2=NS(=O)(=O)c3cc(NS(C)(=O)=O)ccc3N2)=C(O)[C@H]2CCC[C@H]21. The minimum absolute atomic E-state index is 0.0738.